The molecule has 0 saturated carbocycles. The molecule has 0 spiro atoms. The number of hydrogen-bond acceptors (Lipinski definition) is 6. The van der Waals surface area contributed by atoms with Gasteiger partial charge in [0, 0.05) is 25.0 Å². The molecule has 0 bridgehead atoms. The molecular formula is C18H25ClN6O2S. The van der Waals surface area contributed by atoms with Gasteiger partial charge in [-0.2, -0.15) is 5.26 Å². The Hall–Kier alpha value is -1.89. The van der Waals surface area contributed by atoms with Crippen LogP contribution in [-0.2, 0) is 10.0 Å². The van der Waals surface area contributed by atoms with Crippen LogP contribution in [0.2, 0.25) is 5.02 Å². The summed E-state index contributed by atoms with van der Waals surface area (Å²) in [7, 11) is -3.15. The molecule has 1 unspecified atom stereocenters. The van der Waals surface area contributed by atoms with Crippen molar-refractivity contribution in [2.75, 3.05) is 24.7 Å². The van der Waals surface area contributed by atoms with Gasteiger partial charge in [-0.05, 0) is 18.8 Å². The van der Waals surface area contributed by atoms with Crippen LogP contribution in [0.1, 0.15) is 50.8 Å². The monoisotopic (exact) mass is 424 g/mol. The maximum absolute atomic E-state index is 11.7. The largest absolute Gasteiger partial charge is 0.350 e. The summed E-state index contributed by atoms with van der Waals surface area (Å²) in [6.45, 7) is 7.19. The van der Waals surface area contributed by atoms with E-state index >= 15 is 0 Å². The van der Waals surface area contributed by atoms with Gasteiger partial charge in [0.05, 0.1) is 28.7 Å². The van der Waals surface area contributed by atoms with Gasteiger partial charge in [-0.3, -0.25) is 0 Å². The lowest BCUT2D eigenvalue weighted by molar-refractivity contribution is 0.331. The maximum atomic E-state index is 11.7. The van der Waals surface area contributed by atoms with Crippen LogP contribution in [0.5, 0.6) is 0 Å². The highest BCUT2D eigenvalue weighted by Gasteiger charge is 2.27. The molecule has 3 heterocycles. The predicted molar refractivity (Wildman–Crippen MR) is 109 cm³/mol. The van der Waals surface area contributed by atoms with Crippen molar-refractivity contribution < 1.29 is 8.42 Å². The molecule has 2 aromatic heterocycles. The molecule has 2 aromatic rings. The Morgan fingerprint density at radius 1 is 1.32 bits per heavy atom. The Morgan fingerprint density at radius 3 is 2.50 bits per heavy atom. The third-order valence-electron chi connectivity index (χ3n) is 5.46. The van der Waals surface area contributed by atoms with Crippen LogP contribution >= 0.6 is 11.6 Å². The minimum atomic E-state index is -3.15. The molecule has 0 aliphatic carbocycles. The molecule has 1 saturated heterocycles. The van der Waals surface area contributed by atoms with E-state index in [1.54, 1.807) is 10.7 Å². The first-order chi connectivity index (χ1) is 13.1. The molecule has 1 aliphatic heterocycles. The first kappa shape index (κ1) is 20.8. The first-order valence-electron chi connectivity index (χ1n) is 9.32. The molecular weight excluding hydrogens is 400 g/mol. The molecule has 1 N–H and O–H groups in total. The normalized spacial score (nSPS) is 17.8. The Kier molecular flexibility index (Phi) is 5.84. The second-order valence-electron chi connectivity index (χ2n) is 7.68. The summed E-state index contributed by atoms with van der Waals surface area (Å²) < 4.78 is 26.5. The lowest BCUT2D eigenvalue weighted by Crippen LogP contribution is -2.42. The molecule has 0 amide bonds. The first-order valence-corrected chi connectivity index (χ1v) is 11.5. The molecule has 1 atom stereocenters. The fraction of sp³-hybridized carbons (Fsp3) is 0.611. The second kappa shape index (κ2) is 7.85. The molecule has 1 aliphatic rings. The van der Waals surface area contributed by atoms with Gasteiger partial charge in [0.15, 0.2) is 0 Å². The van der Waals surface area contributed by atoms with Crippen molar-refractivity contribution in [2.45, 2.75) is 45.6 Å². The lowest BCUT2D eigenvalue weighted by atomic mass is 9.93. The molecule has 152 valence electrons. The van der Waals surface area contributed by atoms with E-state index in [9.17, 15) is 13.7 Å². The quantitative estimate of drug-likeness (QED) is 0.791. The average molecular weight is 425 g/mol. The maximum Gasteiger partial charge on any atom is 0.241 e. The number of anilines is 1. The third kappa shape index (κ3) is 3.95. The number of nitrogens with zero attached hydrogens (tertiary/aromatic N) is 5. The van der Waals surface area contributed by atoms with E-state index in [-0.39, 0.29) is 12.0 Å². The fourth-order valence-corrected chi connectivity index (χ4v) is 4.60. The SMILES string of the molecule is CC(C)C(C)c1c(C#N)c(Cl)c2cnc(NC3CCN(S(C)(=O)=O)CC3)nn12. The lowest BCUT2D eigenvalue weighted by Gasteiger charge is -2.30. The topological polar surface area (TPSA) is 103 Å². The van der Waals surface area contributed by atoms with E-state index in [4.69, 9.17) is 11.6 Å². The summed E-state index contributed by atoms with van der Waals surface area (Å²) in [6, 6.07) is 2.29. The molecule has 10 heteroatoms. The van der Waals surface area contributed by atoms with Crippen LogP contribution in [0.15, 0.2) is 6.20 Å². The second-order valence-corrected chi connectivity index (χ2v) is 10.0. The number of fused-ring (bicyclic) bond motifs is 1. The standard InChI is InChI=1S/C18H25ClN6O2S/c1-11(2)12(3)17-14(9-20)16(19)15-10-21-18(23-25(15)17)22-13-5-7-24(8-6-13)28(4,26)27/h10-13H,5-8H2,1-4H3,(H,22,23). The number of nitrogens with one attached hydrogen (secondary N) is 1. The fourth-order valence-electron chi connectivity index (χ4n) is 3.45. The van der Waals surface area contributed by atoms with E-state index in [1.165, 1.54) is 10.6 Å². The number of hydrogen-bond donors (Lipinski definition) is 1. The van der Waals surface area contributed by atoms with E-state index in [0.29, 0.717) is 53.9 Å². The molecule has 8 nitrogen and oxygen atoms in total. The zero-order chi connectivity index (χ0) is 20.6. The highest BCUT2D eigenvalue weighted by Crippen LogP contribution is 2.35. The average Bonchev–Trinajstić information content (AvgIpc) is 2.92. The van der Waals surface area contributed by atoms with Crippen molar-refractivity contribution in [3.8, 4) is 6.07 Å². The van der Waals surface area contributed by atoms with Gasteiger partial charge in [-0.15, -0.1) is 5.10 Å². The molecule has 1 fully saturated rings. The van der Waals surface area contributed by atoms with Crippen molar-refractivity contribution in [3.63, 3.8) is 0 Å². The van der Waals surface area contributed by atoms with E-state index < -0.39 is 10.0 Å². The van der Waals surface area contributed by atoms with Gasteiger partial charge in [0.2, 0.25) is 16.0 Å². The van der Waals surface area contributed by atoms with Gasteiger partial charge < -0.3 is 5.32 Å². The van der Waals surface area contributed by atoms with E-state index in [1.807, 2.05) is 0 Å². The summed E-state index contributed by atoms with van der Waals surface area (Å²) in [4.78, 5) is 4.35. The van der Waals surface area contributed by atoms with Crippen LogP contribution in [0.4, 0.5) is 5.95 Å². The molecule has 0 aromatic carbocycles. The minimum absolute atomic E-state index is 0.0860. The third-order valence-corrected chi connectivity index (χ3v) is 7.15. The van der Waals surface area contributed by atoms with Crippen LogP contribution in [0.25, 0.3) is 5.52 Å². The Balaban J connectivity index is 1.88. The van der Waals surface area contributed by atoms with E-state index in [0.717, 1.165) is 5.69 Å². The van der Waals surface area contributed by atoms with E-state index in [2.05, 4.69) is 42.2 Å². The predicted octanol–water partition coefficient (Wildman–Crippen LogP) is 2.85. The van der Waals surface area contributed by atoms with Crippen LogP contribution in [0.3, 0.4) is 0 Å². The van der Waals surface area contributed by atoms with Crippen molar-refractivity contribution in [1.29, 1.82) is 5.26 Å². The number of nitriles is 1. The minimum Gasteiger partial charge on any atom is -0.350 e. The smallest absolute Gasteiger partial charge is 0.241 e. The Morgan fingerprint density at radius 2 is 1.96 bits per heavy atom. The highest BCUT2D eigenvalue weighted by molar-refractivity contribution is 7.88. The summed E-state index contributed by atoms with van der Waals surface area (Å²) >= 11 is 6.41. The summed E-state index contributed by atoms with van der Waals surface area (Å²) in [6.07, 6.45) is 4.22. The summed E-state index contributed by atoms with van der Waals surface area (Å²) in [5.41, 5.74) is 1.84. The zero-order valence-corrected chi connectivity index (χ0v) is 18.0. The van der Waals surface area contributed by atoms with Gasteiger partial charge >= 0.3 is 0 Å². The highest BCUT2D eigenvalue weighted by atomic mass is 35.5. The Bertz CT molecular complexity index is 1020. The Labute approximate surface area is 170 Å². The molecule has 0 radical (unpaired) electrons. The van der Waals surface area contributed by atoms with Crippen molar-refractivity contribution in [3.05, 3.63) is 22.5 Å². The van der Waals surface area contributed by atoms with Crippen molar-refractivity contribution >= 4 is 33.1 Å². The number of aromatic nitrogens is 3. The van der Waals surface area contributed by atoms with Crippen molar-refractivity contribution in [1.82, 2.24) is 18.9 Å². The van der Waals surface area contributed by atoms with Crippen LogP contribution < -0.4 is 5.32 Å². The number of rotatable bonds is 5. The van der Waals surface area contributed by atoms with Gasteiger partial charge in [-0.25, -0.2) is 22.2 Å². The summed E-state index contributed by atoms with van der Waals surface area (Å²) in [5.74, 6) is 0.849. The number of piperidine rings is 1. The van der Waals surface area contributed by atoms with Crippen molar-refractivity contribution in [2.24, 2.45) is 5.92 Å². The van der Waals surface area contributed by atoms with Gasteiger partial charge in [0.1, 0.15) is 11.6 Å². The van der Waals surface area contributed by atoms with Gasteiger partial charge in [-0.1, -0.05) is 32.4 Å². The summed E-state index contributed by atoms with van der Waals surface area (Å²) in [5, 5.41) is 17.9. The zero-order valence-electron chi connectivity index (χ0n) is 16.5. The van der Waals surface area contributed by atoms with Crippen LogP contribution in [-0.4, -0.2) is 52.7 Å². The number of sulfonamides is 1. The molecule has 3 rings (SSSR count). The van der Waals surface area contributed by atoms with Crippen LogP contribution in [0, 0.1) is 17.2 Å². The number of halogens is 1. The molecule has 28 heavy (non-hydrogen) atoms. The van der Waals surface area contributed by atoms with Gasteiger partial charge in [0.25, 0.3) is 0 Å².